The molecule has 174 valence electrons. The third-order valence-corrected chi connectivity index (χ3v) is 5.69. The van der Waals surface area contributed by atoms with Crippen LogP contribution in [0.5, 0.6) is 0 Å². The first-order valence-electron chi connectivity index (χ1n) is 10.4. The quantitative estimate of drug-likeness (QED) is 0.229. The molecule has 0 aromatic carbocycles. The molecule has 4 atom stereocenters. The van der Waals surface area contributed by atoms with Crippen LogP contribution >= 0.6 is 7.82 Å². The fourth-order valence-corrected chi connectivity index (χ4v) is 3.89. The maximum Gasteiger partial charge on any atom is 0.469 e. The third-order valence-electron chi connectivity index (χ3n) is 5.20. The second-order valence-electron chi connectivity index (χ2n) is 7.57. The molecule has 0 bridgehead atoms. The molecule has 0 saturated carbocycles. The van der Waals surface area contributed by atoms with Crippen LogP contribution in [-0.4, -0.2) is 71.0 Å². The average molecular weight is 459 g/mol. The van der Waals surface area contributed by atoms with Crippen molar-refractivity contribution in [2.75, 3.05) is 18.5 Å². The van der Waals surface area contributed by atoms with E-state index in [9.17, 15) is 14.8 Å². The molecule has 2 aromatic rings. The van der Waals surface area contributed by atoms with Gasteiger partial charge in [0.05, 0.1) is 12.9 Å². The van der Waals surface area contributed by atoms with E-state index in [4.69, 9.17) is 14.5 Å². The summed E-state index contributed by atoms with van der Waals surface area (Å²) in [6.45, 7) is 2.35. The first kappa shape index (κ1) is 24.0. The molecule has 1 aliphatic heterocycles. The molecule has 1 aliphatic rings. The van der Waals surface area contributed by atoms with Gasteiger partial charge in [0, 0.05) is 6.54 Å². The average Bonchev–Trinajstić information content (AvgIpc) is 3.27. The number of fused-ring (bicyclic) bond motifs is 1. The van der Waals surface area contributed by atoms with Crippen molar-refractivity contribution in [1.29, 1.82) is 0 Å². The van der Waals surface area contributed by atoms with Crippen molar-refractivity contribution in [3.8, 4) is 0 Å². The van der Waals surface area contributed by atoms with E-state index in [2.05, 4.69) is 31.7 Å². The van der Waals surface area contributed by atoms with Crippen LogP contribution in [0.3, 0.4) is 0 Å². The van der Waals surface area contributed by atoms with Crippen LogP contribution in [0.1, 0.15) is 51.7 Å². The second kappa shape index (κ2) is 10.8. The normalized spacial score (nSPS) is 24.2. The van der Waals surface area contributed by atoms with Crippen LogP contribution in [0.15, 0.2) is 12.7 Å². The molecule has 0 unspecified atom stereocenters. The van der Waals surface area contributed by atoms with Gasteiger partial charge in [-0.25, -0.2) is 19.5 Å². The molecule has 0 radical (unpaired) electrons. The molecular weight excluding hydrogens is 429 g/mol. The molecule has 12 nitrogen and oxygen atoms in total. The summed E-state index contributed by atoms with van der Waals surface area (Å²) in [5, 5.41) is 23.8. The van der Waals surface area contributed by atoms with Gasteiger partial charge in [0.15, 0.2) is 23.2 Å². The van der Waals surface area contributed by atoms with Gasteiger partial charge in [-0.2, -0.15) is 0 Å². The fourth-order valence-electron chi connectivity index (χ4n) is 3.55. The molecular formula is C18H30N5O7P. The number of nitrogens with one attached hydrogen (secondary N) is 1. The van der Waals surface area contributed by atoms with E-state index in [0.717, 1.165) is 19.4 Å². The lowest BCUT2D eigenvalue weighted by atomic mass is 10.1. The largest absolute Gasteiger partial charge is 0.469 e. The Morgan fingerprint density at radius 3 is 2.61 bits per heavy atom. The van der Waals surface area contributed by atoms with Crippen LogP contribution < -0.4 is 5.32 Å². The summed E-state index contributed by atoms with van der Waals surface area (Å²) in [5.41, 5.74) is 0.891. The number of anilines is 1. The number of phosphoric ester groups is 1. The van der Waals surface area contributed by atoms with Crippen LogP contribution in [0.25, 0.3) is 11.2 Å². The maximum atomic E-state index is 10.9. The highest BCUT2D eigenvalue weighted by atomic mass is 31.2. The van der Waals surface area contributed by atoms with Gasteiger partial charge in [-0.05, 0) is 6.42 Å². The minimum Gasteiger partial charge on any atom is -0.387 e. The molecule has 13 heteroatoms. The lowest BCUT2D eigenvalue weighted by molar-refractivity contribution is -0.0504. The maximum absolute atomic E-state index is 10.9. The van der Waals surface area contributed by atoms with E-state index in [1.165, 1.54) is 42.9 Å². The minimum absolute atomic E-state index is 0.397. The third kappa shape index (κ3) is 6.19. The van der Waals surface area contributed by atoms with E-state index in [1.807, 2.05) is 0 Å². The van der Waals surface area contributed by atoms with Crippen LogP contribution in [0, 0.1) is 0 Å². The highest BCUT2D eigenvalue weighted by Crippen LogP contribution is 2.38. The fraction of sp³-hybridized carbons (Fsp3) is 0.722. The monoisotopic (exact) mass is 459 g/mol. The number of phosphoric acid groups is 1. The van der Waals surface area contributed by atoms with Gasteiger partial charge in [0.25, 0.3) is 0 Å². The Morgan fingerprint density at radius 2 is 1.87 bits per heavy atom. The van der Waals surface area contributed by atoms with E-state index < -0.39 is 39.0 Å². The lowest BCUT2D eigenvalue weighted by Gasteiger charge is -2.16. The summed E-state index contributed by atoms with van der Waals surface area (Å²) >= 11 is 0. The molecule has 1 saturated heterocycles. The number of hydrogen-bond acceptors (Lipinski definition) is 9. The van der Waals surface area contributed by atoms with Gasteiger partial charge in [-0.15, -0.1) is 0 Å². The Kier molecular flexibility index (Phi) is 8.34. The van der Waals surface area contributed by atoms with Gasteiger partial charge >= 0.3 is 7.82 Å². The number of rotatable bonds is 12. The van der Waals surface area contributed by atoms with Crippen molar-refractivity contribution in [3.05, 3.63) is 12.7 Å². The minimum atomic E-state index is -4.73. The Balaban J connectivity index is 1.64. The highest BCUT2D eigenvalue weighted by molar-refractivity contribution is 7.46. The smallest absolute Gasteiger partial charge is 0.387 e. The van der Waals surface area contributed by atoms with Crippen molar-refractivity contribution in [2.45, 2.75) is 70.0 Å². The number of aromatic nitrogens is 4. The van der Waals surface area contributed by atoms with Crippen LogP contribution in [0.4, 0.5) is 5.82 Å². The number of unbranched alkanes of at least 4 members (excludes halogenated alkanes) is 5. The van der Waals surface area contributed by atoms with Crippen LogP contribution in [0.2, 0.25) is 0 Å². The van der Waals surface area contributed by atoms with Gasteiger partial charge in [0.1, 0.15) is 24.6 Å². The Morgan fingerprint density at radius 1 is 1.13 bits per heavy atom. The Labute approximate surface area is 179 Å². The second-order valence-corrected chi connectivity index (χ2v) is 8.81. The lowest BCUT2D eigenvalue weighted by Crippen LogP contribution is -2.33. The zero-order valence-electron chi connectivity index (χ0n) is 17.4. The highest BCUT2D eigenvalue weighted by Gasteiger charge is 2.45. The molecule has 0 spiro atoms. The van der Waals surface area contributed by atoms with E-state index in [0.29, 0.717) is 17.0 Å². The predicted molar refractivity (Wildman–Crippen MR) is 111 cm³/mol. The summed E-state index contributed by atoms with van der Waals surface area (Å²) in [5.74, 6) is 0.562. The zero-order chi connectivity index (χ0) is 22.4. The van der Waals surface area contributed by atoms with Gasteiger partial charge in [-0.1, -0.05) is 39.0 Å². The predicted octanol–water partition coefficient (Wildman–Crippen LogP) is 1.33. The van der Waals surface area contributed by atoms with E-state index in [1.54, 1.807) is 0 Å². The van der Waals surface area contributed by atoms with Crippen molar-refractivity contribution in [3.63, 3.8) is 0 Å². The summed E-state index contributed by atoms with van der Waals surface area (Å²) in [6.07, 6.45) is 4.91. The zero-order valence-corrected chi connectivity index (χ0v) is 18.3. The molecule has 31 heavy (non-hydrogen) atoms. The molecule has 1 fully saturated rings. The van der Waals surface area contributed by atoms with Gasteiger partial charge in [-0.3, -0.25) is 9.09 Å². The Hall–Kier alpha value is -1.66. The topological polar surface area (TPSA) is 172 Å². The van der Waals surface area contributed by atoms with Crippen molar-refractivity contribution < 1.29 is 33.8 Å². The SMILES string of the molecule is CCCCCCCCNc1ncnc2c1ncn2[C@@H]1O[C@H](COP(=O)(O)O)[C@@H](O)[C@H]1O. The number of ether oxygens (including phenoxy) is 1. The standard InChI is InChI=1S/C18H30N5O7P/c1-2-3-4-5-6-7-8-19-16-13-17(21-10-20-16)23(11-22-13)18-15(25)14(24)12(30-18)9-29-31(26,27)28/h10-12,14-15,18,24-25H,2-9H2,1H3,(H,19,20,21)(H2,26,27,28)/t12-,14-,15-,18-/m1/s1. The van der Waals surface area contributed by atoms with Crippen molar-refractivity contribution in [2.24, 2.45) is 0 Å². The molecule has 2 aromatic heterocycles. The van der Waals surface area contributed by atoms with Gasteiger partial charge < -0.3 is 30.1 Å². The molecule has 0 amide bonds. The van der Waals surface area contributed by atoms with E-state index in [-0.39, 0.29) is 0 Å². The van der Waals surface area contributed by atoms with Crippen molar-refractivity contribution in [1.82, 2.24) is 19.5 Å². The number of aliphatic hydroxyl groups is 2. The molecule has 3 heterocycles. The number of imidazole rings is 1. The van der Waals surface area contributed by atoms with E-state index >= 15 is 0 Å². The first-order valence-corrected chi connectivity index (χ1v) is 12.0. The van der Waals surface area contributed by atoms with Gasteiger partial charge in [0.2, 0.25) is 0 Å². The first-order chi connectivity index (χ1) is 14.8. The number of nitrogens with zero attached hydrogens (tertiary/aromatic N) is 4. The summed E-state index contributed by atoms with van der Waals surface area (Å²) < 4.78 is 22.4. The Bertz CT molecular complexity index is 891. The number of hydrogen-bond donors (Lipinski definition) is 5. The molecule has 3 rings (SSSR count). The van der Waals surface area contributed by atoms with Crippen molar-refractivity contribution >= 4 is 24.8 Å². The van der Waals surface area contributed by atoms with Crippen LogP contribution in [-0.2, 0) is 13.8 Å². The summed E-state index contributed by atoms with van der Waals surface area (Å²) in [6, 6.07) is 0. The molecule has 0 aliphatic carbocycles. The molecule has 5 N–H and O–H groups in total. The summed E-state index contributed by atoms with van der Waals surface area (Å²) in [7, 11) is -4.73. The summed E-state index contributed by atoms with van der Waals surface area (Å²) in [4.78, 5) is 30.5. The number of aliphatic hydroxyl groups excluding tert-OH is 2.